The van der Waals surface area contributed by atoms with Gasteiger partial charge in [-0.1, -0.05) is 13.3 Å². The molecule has 22 heavy (non-hydrogen) atoms. The molecule has 2 aromatic heterocycles. The van der Waals surface area contributed by atoms with Gasteiger partial charge in [0.1, 0.15) is 5.82 Å². The van der Waals surface area contributed by atoms with Gasteiger partial charge >= 0.3 is 0 Å². The monoisotopic (exact) mass is 418 g/mol. The molecule has 2 heterocycles. The molecule has 0 aliphatic carbocycles. The van der Waals surface area contributed by atoms with E-state index in [2.05, 4.69) is 37.3 Å². The van der Waals surface area contributed by atoms with Crippen LogP contribution in [0.2, 0.25) is 0 Å². The SMILES string of the molecule is CCCCN(C)C(=NC)NCc1nc(-c2ccco2)n[nH]1.I. The van der Waals surface area contributed by atoms with Crippen molar-refractivity contribution in [1.82, 2.24) is 25.4 Å². The Kier molecular flexibility index (Phi) is 7.92. The summed E-state index contributed by atoms with van der Waals surface area (Å²) >= 11 is 0. The second kappa shape index (κ2) is 9.44. The van der Waals surface area contributed by atoms with Gasteiger partial charge in [-0.2, -0.15) is 0 Å². The van der Waals surface area contributed by atoms with Crippen LogP contribution in [0.3, 0.4) is 0 Å². The number of guanidine groups is 1. The summed E-state index contributed by atoms with van der Waals surface area (Å²) in [5.74, 6) is 2.80. The third-order valence-electron chi connectivity index (χ3n) is 3.11. The highest BCUT2D eigenvalue weighted by molar-refractivity contribution is 14.0. The van der Waals surface area contributed by atoms with Crippen LogP contribution in [0.15, 0.2) is 27.8 Å². The Morgan fingerprint density at radius 2 is 2.32 bits per heavy atom. The Morgan fingerprint density at radius 1 is 1.50 bits per heavy atom. The van der Waals surface area contributed by atoms with Crippen molar-refractivity contribution in [2.75, 3.05) is 20.6 Å². The smallest absolute Gasteiger partial charge is 0.216 e. The van der Waals surface area contributed by atoms with Crippen LogP contribution in [-0.2, 0) is 6.54 Å². The average Bonchev–Trinajstić information content (AvgIpc) is 3.16. The van der Waals surface area contributed by atoms with Gasteiger partial charge < -0.3 is 14.6 Å². The van der Waals surface area contributed by atoms with Gasteiger partial charge in [0.05, 0.1) is 12.8 Å². The summed E-state index contributed by atoms with van der Waals surface area (Å²) in [6.07, 6.45) is 3.91. The van der Waals surface area contributed by atoms with E-state index in [1.165, 1.54) is 0 Å². The number of H-pyrrole nitrogens is 1. The second-order valence-corrected chi connectivity index (χ2v) is 4.76. The molecule has 0 unspecified atom stereocenters. The first-order chi connectivity index (χ1) is 10.2. The number of nitrogens with zero attached hydrogens (tertiary/aromatic N) is 4. The summed E-state index contributed by atoms with van der Waals surface area (Å²) < 4.78 is 5.26. The Balaban J connectivity index is 0.00000242. The highest BCUT2D eigenvalue weighted by Crippen LogP contribution is 2.14. The number of aromatic nitrogens is 3. The molecular weight excluding hydrogens is 395 g/mol. The third-order valence-corrected chi connectivity index (χ3v) is 3.11. The number of hydrogen-bond donors (Lipinski definition) is 2. The molecule has 2 N–H and O–H groups in total. The van der Waals surface area contributed by atoms with E-state index in [9.17, 15) is 0 Å². The maximum atomic E-state index is 5.26. The fraction of sp³-hybridized carbons (Fsp3) is 0.500. The van der Waals surface area contributed by atoms with Crippen LogP contribution in [0.4, 0.5) is 0 Å². The van der Waals surface area contributed by atoms with Crippen molar-refractivity contribution in [1.29, 1.82) is 0 Å². The maximum Gasteiger partial charge on any atom is 0.216 e. The number of furan rings is 1. The van der Waals surface area contributed by atoms with Crippen molar-refractivity contribution in [2.45, 2.75) is 26.3 Å². The van der Waals surface area contributed by atoms with Gasteiger partial charge in [-0.3, -0.25) is 10.1 Å². The van der Waals surface area contributed by atoms with E-state index in [0.717, 1.165) is 31.2 Å². The predicted molar refractivity (Wildman–Crippen MR) is 97.2 cm³/mol. The van der Waals surface area contributed by atoms with Crippen molar-refractivity contribution in [2.24, 2.45) is 4.99 Å². The minimum absolute atomic E-state index is 0. The number of unbranched alkanes of at least 4 members (excludes halogenated alkanes) is 1. The molecule has 0 atom stereocenters. The molecule has 8 heteroatoms. The topological polar surface area (TPSA) is 82.3 Å². The molecule has 0 amide bonds. The molecule has 0 aliphatic rings. The normalized spacial score (nSPS) is 11.1. The largest absolute Gasteiger partial charge is 0.461 e. The second-order valence-electron chi connectivity index (χ2n) is 4.76. The first-order valence-corrected chi connectivity index (χ1v) is 7.11. The van der Waals surface area contributed by atoms with E-state index in [0.29, 0.717) is 18.1 Å². The van der Waals surface area contributed by atoms with E-state index in [4.69, 9.17) is 4.42 Å². The summed E-state index contributed by atoms with van der Waals surface area (Å²) in [4.78, 5) is 10.8. The van der Waals surface area contributed by atoms with Crippen LogP contribution in [0.5, 0.6) is 0 Å². The van der Waals surface area contributed by atoms with Gasteiger partial charge in [0.2, 0.25) is 5.82 Å². The van der Waals surface area contributed by atoms with Crippen LogP contribution < -0.4 is 5.32 Å². The van der Waals surface area contributed by atoms with Gasteiger partial charge in [-0.15, -0.1) is 29.1 Å². The van der Waals surface area contributed by atoms with E-state index >= 15 is 0 Å². The quantitative estimate of drug-likeness (QED) is 0.428. The van der Waals surface area contributed by atoms with Crippen LogP contribution in [0.25, 0.3) is 11.6 Å². The molecule has 122 valence electrons. The summed E-state index contributed by atoms with van der Waals surface area (Å²) in [6.45, 7) is 3.69. The van der Waals surface area contributed by atoms with Crippen molar-refractivity contribution in [3.05, 3.63) is 24.2 Å². The Labute approximate surface area is 147 Å². The van der Waals surface area contributed by atoms with Gasteiger partial charge in [-0.25, -0.2) is 4.98 Å². The van der Waals surface area contributed by atoms with E-state index in [-0.39, 0.29) is 24.0 Å². The van der Waals surface area contributed by atoms with Gasteiger partial charge in [0, 0.05) is 20.6 Å². The van der Waals surface area contributed by atoms with Gasteiger partial charge in [0.15, 0.2) is 11.7 Å². The highest BCUT2D eigenvalue weighted by atomic mass is 127. The zero-order valence-corrected chi connectivity index (χ0v) is 15.5. The summed E-state index contributed by atoms with van der Waals surface area (Å²) in [5.41, 5.74) is 0. The molecule has 0 bridgehead atoms. The lowest BCUT2D eigenvalue weighted by Gasteiger charge is -2.21. The van der Waals surface area contributed by atoms with Crippen molar-refractivity contribution in [3.8, 4) is 11.6 Å². The van der Waals surface area contributed by atoms with Gasteiger partial charge in [0.25, 0.3) is 0 Å². The average molecular weight is 418 g/mol. The minimum Gasteiger partial charge on any atom is -0.461 e. The zero-order chi connectivity index (χ0) is 15.1. The van der Waals surface area contributed by atoms with Crippen molar-refractivity contribution < 1.29 is 4.42 Å². The van der Waals surface area contributed by atoms with E-state index in [1.807, 2.05) is 19.2 Å². The van der Waals surface area contributed by atoms with Crippen LogP contribution in [0.1, 0.15) is 25.6 Å². The number of rotatable bonds is 6. The number of hydrogen-bond acceptors (Lipinski definition) is 4. The van der Waals surface area contributed by atoms with E-state index in [1.54, 1.807) is 13.3 Å². The fourth-order valence-electron chi connectivity index (χ4n) is 1.94. The summed E-state index contributed by atoms with van der Waals surface area (Å²) in [6, 6.07) is 3.64. The lowest BCUT2D eigenvalue weighted by molar-refractivity contribution is 0.463. The number of aromatic amines is 1. The van der Waals surface area contributed by atoms with Crippen LogP contribution in [-0.4, -0.2) is 46.7 Å². The first kappa shape index (κ1) is 18.5. The first-order valence-electron chi connectivity index (χ1n) is 7.11. The molecule has 0 saturated heterocycles. The van der Waals surface area contributed by atoms with Crippen LogP contribution >= 0.6 is 24.0 Å². The van der Waals surface area contributed by atoms with Gasteiger partial charge in [-0.05, 0) is 18.6 Å². The molecule has 7 nitrogen and oxygen atoms in total. The highest BCUT2D eigenvalue weighted by Gasteiger charge is 2.10. The maximum absolute atomic E-state index is 5.26. The molecule has 0 fully saturated rings. The minimum atomic E-state index is 0. The van der Waals surface area contributed by atoms with Crippen molar-refractivity contribution >= 4 is 29.9 Å². The molecule has 0 saturated carbocycles. The molecule has 2 aromatic rings. The lowest BCUT2D eigenvalue weighted by atomic mass is 10.3. The third kappa shape index (κ3) is 5.00. The Morgan fingerprint density at radius 3 is 2.95 bits per heavy atom. The standard InChI is InChI=1S/C14H22N6O.HI/c1-4-5-8-20(3)14(15-2)16-10-12-17-13(19-18-12)11-7-6-9-21-11;/h6-7,9H,4-5,8,10H2,1-3H3,(H,15,16)(H,17,18,19);1H. The Hall–Kier alpha value is -1.58. The number of nitrogens with one attached hydrogen (secondary N) is 2. The predicted octanol–water partition coefficient (Wildman–Crippen LogP) is 2.49. The molecule has 0 aliphatic heterocycles. The summed E-state index contributed by atoms with van der Waals surface area (Å²) in [7, 11) is 3.80. The lowest BCUT2D eigenvalue weighted by Crippen LogP contribution is -2.39. The fourth-order valence-corrected chi connectivity index (χ4v) is 1.94. The van der Waals surface area contributed by atoms with Crippen molar-refractivity contribution in [3.63, 3.8) is 0 Å². The number of aliphatic imine (C=N–C) groups is 1. The molecule has 2 rings (SSSR count). The van der Waals surface area contributed by atoms with E-state index < -0.39 is 0 Å². The molecule has 0 radical (unpaired) electrons. The summed E-state index contributed by atoms with van der Waals surface area (Å²) in [5, 5.41) is 10.3. The molecule has 0 spiro atoms. The van der Waals surface area contributed by atoms with Crippen LogP contribution in [0, 0.1) is 0 Å². The zero-order valence-electron chi connectivity index (χ0n) is 13.2. The Bertz CT molecular complexity index is 566. The number of halogens is 1. The molecular formula is C14H23IN6O. The molecule has 0 aromatic carbocycles.